The van der Waals surface area contributed by atoms with E-state index in [0.29, 0.717) is 5.56 Å². The molecule has 0 aliphatic rings. The first-order chi connectivity index (χ1) is 7.54. The first kappa shape index (κ1) is 12.0. The summed E-state index contributed by atoms with van der Waals surface area (Å²) in [5.41, 5.74) is 5.82. The van der Waals surface area contributed by atoms with Gasteiger partial charge in [0.2, 0.25) is 5.91 Å². The Morgan fingerprint density at radius 3 is 2.75 bits per heavy atom. The van der Waals surface area contributed by atoms with Gasteiger partial charge in [0, 0.05) is 18.8 Å². The number of rotatable bonds is 3. The molecule has 86 valence electrons. The number of nitrogens with two attached hydrogens (primary N) is 1. The minimum Gasteiger partial charge on any atom is -0.384 e. The van der Waals surface area contributed by atoms with Gasteiger partial charge in [0.25, 0.3) is 5.91 Å². The zero-order chi connectivity index (χ0) is 12.1. The highest BCUT2D eigenvalue weighted by Gasteiger charge is 2.15. The maximum atomic E-state index is 11.7. The number of anilines is 1. The zero-order valence-corrected chi connectivity index (χ0v) is 9.15. The monoisotopic (exact) mass is 222 g/mol. The van der Waals surface area contributed by atoms with Gasteiger partial charge in [-0.1, -0.05) is 0 Å². The summed E-state index contributed by atoms with van der Waals surface area (Å²) in [5, 5.41) is 4.98. The van der Waals surface area contributed by atoms with Crippen molar-refractivity contribution in [2.75, 3.05) is 12.8 Å². The average molecular weight is 222 g/mol. The van der Waals surface area contributed by atoms with Crippen molar-refractivity contribution in [2.45, 2.75) is 13.0 Å². The molecule has 0 spiro atoms. The Labute approximate surface area is 93.2 Å². The lowest BCUT2D eigenvalue weighted by Gasteiger charge is -2.12. The summed E-state index contributed by atoms with van der Waals surface area (Å²) >= 11 is 0. The number of hydrogen-bond acceptors (Lipinski definition) is 4. The lowest BCUT2D eigenvalue weighted by Crippen LogP contribution is -2.43. The van der Waals surface area contributed by atoms with Crippen molar-refractivity contribution in [3.63, 3.8) is 0 Å². The van der Waals surface area contributed by atoms with E-state index < -0.39 is 6.04 Å². The second-order valence-corrected chi connectivity index (χ2v) is 3.28. The van der Waals surface area contributed by atoms with Crippen molar-refractivity contribution < 1.29 is 9.59 Å². The molecule has 16 heavy (non-hydrogen) atoms. The number of aromatic nitrogens is 1. The summed E-state index contributed by atoms with van der Waals surface area (Å²) in [5.74, 6) is -0.346. The van der Waals surface area contributed by atoms with Crippen LogP contribution in [-0.2, 0) is 4.79 Å². The number of nitrogen functional groups attached to an aromatic ring is 1. The molecule has 0 radical (unpaired) electrons. The van der Waals surface area contributed by atoms with Crippen LogP contribution >= 0.6 is 0 Å². The first-order valence-corrected chi connectivity index (χ1v) is 4.78. The SMILES string of the molecule is CNC(=O)C(C)NC(=O)c1ccnc(N)c1. The third kappa shape index (κ3) is 2.94. The Kier molecular flexibility index (Phi) is 3.82. The lowest BCUT2D eigenvalue weighted by atomic mass is 10.2. The van der Waals surface area contributed by atoms with Crippen molar-refractivity contribution in [1.82, 2.24) is 15.6 Å². The normalized spacial score (nSPS) is 11.6. The van der Waals surface area contributed by atoms with Crippen LogP contribution in [0.1, 0.15) is 17.3 Å². The molecule has 0 aliphatic heterocycles. The fraction of sp³-hybridized carbons (Fsp3) is 0.300. The van der Waals surface area contributed by atoms with Gasteiger partial charge >= 0.3 is 0 Å². The molecule has 2 amide bonds. The lowest BCUT2D eigenvalue weighted by molar-refractivity contribution is -0.122. The van der Waals surface area contributed by atoms with E-state index in [1.54, 1.807) is 6.92 Å². The number of likely N-dealkylation sites (N-methyl/N-ethyl adjacent to an activating group) is 1. The fourth-order valence-electron chi connectivity index (χ4n) is 1.15. The molecule has 4 N–H and O–H groups in total. The van der Waals surface area contributed by atoms with Crippen molar-refractivity contribution in [3.8, 4) is 0 Å². The predicted octanol–water partition coefficient (Wildman–Crippen LogP) is -0.472. The van der Waals surface area contributed by atoms with Crippen LogP contribution in [0.2, 0.25) is 0 Å². The first-order valence-electron chi connectivity index (χ1n) is 4.78. The summed E-state index contributed by atoms with van der Waals surface area (Å²) in [6.45, 7) is 1.60. The van der Waals surface area contributed by atoms with E-state index in [0.717, 1.165) is 0 Å². The smallest absolute Gasteiger partial charge is 0.252 e. The number of amides is 2. The second-order valence-electron chi connectivity index (χ2n) is 3.28. The maximum absolute atomic E-state index is 11.7. The Morgan fingerprint density at radius 2 is 2.19 bits per heavy atom. The highest BCUT2D eigenvalue weighted by Crippen LogP contribution is 2.02. The van der Waals surface area contributed by atoms with E-state index in [2.05, 4.69) is 15.6 Å². The van der Waals surface area contributed by atoms with Crippen molar-refractivity contribution in [3.05, 3.63) is 23.9 Å². The van der Waals surface area contributed by atoms with Crippen LogP contribution in [0.15, 0.2) is 18.3 Å². The number of pyridine rings is 1. The van der Waals surface area contributed by atoms with Crippen LogP contribution in [0.25, 0.3) is 0 Å². The standard InChI is InChI=1S/C10H14N4O2/c1-6(9(15)12-2)14-10(16)7-3-4-13-8(11)5-7/h3-6H,1-2H3,(H2,11,13)(H,12,15)(H,14,16). The topological polar surface area (TPSA) is 97.1 Å². The highest BCUT2D eigenvalue weighted by molar-refractivity contribution is 5.97. The number of carbonyl (C=O) groups excluding carboxylic acids is 2. The van der Waals surface area contributed by atoms with Gasteiger partial charge in [-0.15, -0.1) is 0 Å². The molecule has 0 fully saturated rings. The van der Waals surface area contributed by atoms with Gasteiger partial charge in [-0.2, -0.15) is 0 Å². The molecule has 1 rings (SSSR count). The third-order valence-corrected chi connectivity index (χ3v) is 2.03. The van der Waals surface area contributed by atoms with Gasteiger partial charge in [0.1, 0.15) is 11.9 Å². The van der Waals surface area contributed by atoms with Crippen molar-refractivity contribution in [2.24, 2.45) is 0 Å². The molecule has 0 saturated carbocycles. The molecular weight excluding hydrogens is 208 g/mol. The molecular formula is C10H14N4O2. The number of nitrogens with one attached hydrogen (secondary N) is 2. The third-order valence-electron chi connectivity index (χ3n) is 2.03. The van der Waals surface area contributed by atoms with Crippen LogP contribution < -0.4 is 16.4 Å². The fourth-order valence-corrected chi connectivity index (χ4v) is 1.15. The highest BCUT2D eigenvalue weighted by atomic mass is 16.2. The molecule has 6 nitrogen and oxygen atoms in total. The Balaban J connectivity index is 2.69. The van der Waals surface area contributed by atoms with Gasteiger partial charge < -0.3 is 16.4 Å². The van der Waals surface area contributed by atoms with Crippen LogP contribution in [0, 0.1) is 0 Å². The van der Waals surface area contributed by atoms with Gasteiger partial charge in [0.05, 0.1) is 0 Å². The number of carbonyl (C=O) groups is 2. The van der Waals surface area contributed by atoms with E-state index in [-0.39, 0.29) is 17.6 Å². The molecule has 1 atom stereocenters. The van der Waals surface area contributed by atoms with Gasteiger partial charge in [-0.3, -0.25) is 9.59 Å². The van der Waals surface area contributed by atoms with Crippen LogP contribution in [0.4, 0.5) is 5.82 Å². The Bertz CT molecular complexity index is 406. The predicted molar refractivity (Wildman–Crippen MR) is 59.6 cm³/mol. The van der Waals surface area contributed by atoms with E-state index in [4.69, 9.17) is 5.73 Å². The average Bonchev–Trinajstić information content (AvgIpc) is 2.27. The summed E-state index contributed by atoms with van der Waals surface area (Å²) in [7, 11) is 1.51. The molecule has 0 saturated heterocycles. The number of hydrogen-bond donors (Lipinski definition) is 3. The summed E-state index contributed by atoms with van der Waals surface area (Å²) in [6.07, 6.45) is 1.44. The summed E-state index contributed by atoms with van der Waals surface area (Å²) in [4.78, 5) is 26.6. The Hall–Kier alpha value is -2.11. The molecule has 0 bridgehead atoms. The van der Waals surface area contributed by atoms with Crippen LogP contribution in [0.5, 0.6) is 0 Å². The second kappa shape index (κ2) is 5.11. The van der Waals surface area contributed by atoms with Gasteiger partial charge in [0.15, 0.2) is 0 Å². The van der Waals surface area contributed by atoms with Crippen LogP contribution in [-0.4, -0.2) is 29.9 Å². The van der Waals surface area contributed by atoms with E-state index >= 15 is 0 Å². The minimum absolute atomic E-state index is 0.254. The molecule has 0 aromatic carbocycles. The largest absolute Gasteiger partial charge is 0.384 e. The minimum atomic E-state index is -0.591. The van der Waals surface area contributed by atoms with Crippen molar-refractivity contribution in [1.29, 1.82) is 0 Å². The maximum Gasteiger partial charge on any atom is 0.252 e. The molecule has 1 aromatic rings. The zero-order valence-electron chi connectivity index (χ0n) is 9.15. The summed E-state index contributed by atoms with van der Waals surface area (Å²) < 4.78 is 0. The summed E-state index contributed by atoms with van der Waals surface area (Å²) in [6, 6.07) is 2.39. The van der Waals surface area contributed by atoms with Gasteiger partial charge in [-0.05, 0) is 19.1 Å². The Morgan fingerprint density at radius 1 is 1.50 bits per heavy atom. The number of nitrogens with zero attached hydrogens (tertiary/aromatic N) is 1. The van der Waals surface area contributed by atoms with Crippen LogP contribution in [0.3, 0.4) is 0 Å². The van der Waals surface area contributed by atoms with E-state index in [1.165, 1.54) is 25.4 Å². The van der Waals surface area contributed by atoms with E-state index in [9.17, 15) is 9.59 Å². The quantitative estimate of drug-likeness (QED) is 0.644. The van der Waals surface area contributed by atoms with E-state index in [1.807, 2.05) is 0 Å². The molecule has 1 unspecified atom stereocenters. The van der Waals surface area contributed by atoms with Gasteiger partial charge in [-0.25, -0.2) is 4.98 Å². The molecule has 6 heteroatoms. The molecule has 1 aromatic heterocycles. The molecule has 1 heterocycles. The van der Waals surface area contributed by atoms with Crippen molar-refractivity contribution >= 4 is 17.6 Å². The molecule has 0 aliphatic carbocycles.